The number of hydrogen-bond donors (Lipinski definition) is 1. The lowest BCUT2D eigenvalue weighted by molar-refractivity contribution is 0.213. The summed E-state index contributed by atoms with van der Waals surface area (Å²) in [6.45, 7) is 3.85. The van der Waals surface area contributed by atoms with Crippen LogP contribution in [-0.4, -0.2) is 30.6 Å². The summed E-state index contributed by atoms with van der Waals surface area (Å²) in [6, 6.07) is 3.90. The van der Waals surface area contributed by atoms with Gasteiger partial charge in [-0.25, -0.2) is 0 Å². The number of fused-ring (bicyclic) bond motifs is 2. The molecule has 0 spiro atoms. The maximum absolute atomic E-state index is 3.73. The lowest BCUT2D eigenvalue weighted by Crippen LogP contribution is -2.40. The molecule has 1 aromatic heterocycles. The summed E-state index contributed by atoms with van der Waals surface area (Å²) in [7, 11) is 0. The normalized spacial score (nSPS) is 36.3. The Balaban J connectivity index is 1.55. The highest BCUT2D eigenvalue weighted by Crippen LogP contribution is 2.40. The van der Waals surface area contributed by atoms with Crippen molar-refractivity contribution in [2.45, 2.75) is 44.2 Å². The molecule has 1 unspecified atom stereocenters. The number of hydrogen-bond acceptors (Lipinski definition) is 3. The van der Waals surface area contributed by atoms with Crippen molar-refractivity contribution in [2.24, 2.45) is 5.92 Å². The molecule has 1 N–H and O–H groups in total. The third kappa shape index (κ3) is 1.84. The van der Waals surface area contributed by atoms with Crippen LogP contribution in [0.15, 0.2) is 11.4 Å². The van der Waals surface area contributed by atoms with Gasteiger partial charge in [0.2, 0.25) is 0 Å². The first kappa shape index (κ1) is 11.4. The fraction of sp³-hybridized carbons (Fsp3) is 0.733. The zero-order valence-corrected chi connectivity index (χ0v) is 11.7. The highest BCUT2D eigenvalue weighted by Gasteiger charge is 2.38. The van der Waals surface area contributed by atoms with E-state index in [4.69, 9.17) is 0 Å². The van der Waals surface area contributed by atoms with E-state index in [9.17, 15) is 0 Å². The summed E-state index contributed by atoms with van der Waals surface area (Å²) < 4.78 is 0. The average Bonchev–Trinajstić information content (AvgIpc) is 3.04. The summed E-state index contributed by atoms with van der Waals surface area (Å²) in [5.74, 6) is 0.919. The molecule has 0 aromatic carbocycles. The smallest absolute Gasteiger partial charge is 0.0360 e. The highest BCUT2D eigenvalue weighted by molar-refractivity contribution is 7.10. The van der Waals surface area contributed by atoms with Gasteiger partial charge in [-0.2, -0.15) is 0 Å². The Morgan fingerprint density at radius 3 is 3.17 bits per heavy atom. The summed E-state index contributed by atoms with van der Waals surface area (Å²) in [5, 5.41) is 6.02. The lowest BCUT2D eigenvalue weighted by atomic mass is 9.92. The summed E-state index contributed by atoms with van der Waals surface area (Å²) in [4.78, 5) is 4.44. The molecular weight excluding hydrogens is 240 g/mol. The predicted molar refractivity (Wildman–Crippen MR) is 76.1 cm³/mol. The molecule has 3 heterocycles. The number of nitrogens with one attached hydrogen (secondary N) is 1. The Morgan fingerprint density at radius 2 is 2.22 bits per heavy atom. The van der Waals surface area contributed by atoms with E-state index >= 15 is 0 Å². The van der Waals surface area contributed by atoms with Gasteiger partial charge in [0.1, 0.15) is 0 Å². The van der Waals surface area contributed by atoms with Crippen molar-refractivity contribution in [3.8, 4) is 0 Å². The van der Waals surface area contributed by atoms with Gasteiger partial charge >= 0.3 is 0 Å². The lowest BCUT2D eigenvalue weighted by Gasteiger charge is -2.31. The third-order valence-electron chi connectivity index (χ3n) is 5.09. The maximum atomic E-state index is 3.73. The van der Waals surface area contributed by atoms with Crippen LogP contribution in [0.25, 0.3) is 0 Å². The molecule has 1 aromatic rings. The Hall–Kier alpha value is -0.380. The molecule has 2 fully saturated rings. The minimum Gasteiger partial charge on any atom is -0.312 e. The second-order valence-electron chi connectivity index (χ2n) is 6.12. The van der Waals surface area contributed by atoms with Crippen molar-refractivity contribution in [3.63, 3.8) is 0 Å². The third-order valence-corrected chi connectivity index (χ3v) is 6.09. The average molecular weight is 262 g/mol. The van der Waals surface area contributed by atoms with Gasteiger partial charge in [-0.05, 0) is 61.6 Å². The Bertz CT molecular complexity index is 414. The van der Waals surface area contributed by atoms with Crippen molar-refractivity contribution in [3.05, 3.63) is 21.9 Å². The summed E-state index contributed by atoms with van der Waals surface area (Å²) in [6.07, 6.45) is 6.91. The number of nitrogens with zero attached hydrogens (tertiary/aromatic N) is 1. The molecule has 3 atom stereocenters. The molecule has 0 amide bonds. The van der Waals surface area contributed by atoms with E-state index in [1.807, 2.05) is 11.3 Å². The first-order valence-electron chi connectivity index (χ1n) is 7.45. The van der Waals surface area contributed by atoms with Gasteiger partial charge in [0.05, 0.1) is 0 Å². The molecule has 3 heteroatoms. The van der Waals surface area contributed by atoms with E-state index in [0.29, 0.717) is 0 Å². The Morgan fingerprint density at radius 1 is 1.22 bits per heavy atom. The summed E-state index contributed by atoms with van der Waals surface area (Å²) >= 11 is 1.97. The number of thiophene rings is 1. The van der Waals surface area contributed by atoms with Gasteiger partial charge in [-0.15, -0.1) is 11.3 Å². The van der Waals surface area contributed by atoms with Crippen molar-refractivity contribution < 1.29 is 0 Å². The zero-order chi connectivity index (χ0) is 11.9. The molecule has 0 radical (unpaired) electrons. The van der Waals surface area contributed by atoms with Crippen molar-refractivity contribution in [1.29, 1.82) is 0 Å². The largest absolute Gasteiger partial charge is 0.312 e. The number of aryl methyl sites for hydroxylation is 1. The second-order valence-corrected chi connectivity index (χ2v) is 7.12. The van der Waals surface area contributed by atoms with Crippen LogP contribution in [0.5, 0.6) is 0 Å². The van der Waals surface area contributed by atoms with Crippen LogP contribution in [0.1, 0.15) is 42.2 Å². The van der Waals surface area contributed by atoms with Crippen molar-refractivity contribution in [1.82, 2.24) is 10.2 Å². The molecule has 0 saturated carbocycles. The molecule has 2 aliphatic heterocycles. The van der Waals surface area contributed by atoms with Crippen molar-refractivity contribution >= 4 is 11.3 Å². The minimum atomic E-state index is 0.729. The van der Waals surface area contributed by atoms with E-state index < -0.39 is 0 Å². The predicted octanol–water partition coefficient (Wildman–Crippen LogP) is 2.81. The monoisotopic (exact) mass is 262 g/mol. The maximum Gasteiger partial charge on any atom is 0.0360 e. The van der Waals surface area contributed by atoms with Crippen LogP contribution < -0.4 is 5.32 Å². The second kappa shape index (κ2) is 4.62. The van der Waals surface area contributed by atoms with Crippen LogP contribution in [0.4, 0.5) is 0 Å². The van der Waals surface area contributed by atoms with Gasteiger partial charge in [0.15, 0.2) is 0 Å². The molecule has 0 bridgehead atoms. The van der Waals surface area contributed by atoms with E-state index in [-0.39, 0.29) is 0 Å². The number of likely N-dealkylation sites (tertiary alicyclic amines) is 1. The van der Waals surface area contributed by atoms with Gasteiger partial charge in [0, 0.05) is 30.1 Å². The van der Waals surface area contributed by atoms with E-state index in [2.05, 4.69) is 21.7 Å². The molecule has 2 saturated heterocycles. The first-order chi connectivity index (χ1) is 8.92. The first-order valence-corrected chi connectivity index (χ1v) is 8.33. The van der Waals surface area contributed by atoms with Crippen molar-refractivity contribution in [2.75, 3.05) is 19.6 Å². The summed E-state index contributed by atoms with van der Waals surface area (Å²) in [5.41, 5.74) is 1.66. The minimum absolute atomic E-state index is 0.729. The van der Waals surface area contributed by atoms with E-state index in [1.165, 1.54) is 51.7 Å². The quantitative estimate of drug-likeness (QED) is 0.837. The number of rotatable bonds is 1. The molecule has 2 nitrogen and oxygen atoms in total. The standard InChI is InChI=1S/C15H22N2S/c1-4-14(12-6-8-18-15(12)5-1)17-9-11-3-2-7-16-13(11)10-17/h6,8,11,13-14,16H,1-5,7,9-10H2/t11-,13+,14?/m0/s1. The molecule has 98 valence electrons. The van der Waals surface area contributed by atoms with Crippen LogP contribution in [0, 0.1) is 5.92 Å². The van der Waals surface area contributed by atoms with Gasteiger partial charge in [0.25, 0.3) is 0 Å². The SMILES string of the molecule is c1cc2c(s1)CCCC2N1C[C@@H]2CCCN[C@@H]2C1. The Labute approximate surface area is 113 Å². The van der Waals surface area contributed by atoms with Crippen LogP contribution in [-0.2, 0) is 6.42 Å². The number of piperidine rings is 1. The van der Waals surface area contributed by atoms with Crippen LogP contribution >= 0.6 is 11.3 Å². The topological polar surface area (TPSA) is 15.3 Å². The fourth-order valence-electron chi connectivity index (χ4n) is 4.18. The molecule has 4 rings (SSSR count). The highest BCUT2D eigenvalue weighted by atomic mass is 32.1. The fourth-order valence-corrected chi connectivity index (χ4v) is 5.16. The van der Waals surface area contributed by atoms with Gasteiger partial charge in [-0.1, -0.05) is 0 Å². The zero-order valence-electron chi connectivity index (χ0n) is 10.9. The molecule has 1 aliphatic carbocycles. The van der Waals surface area contributed by atoms with Gasteiger partial charge in [-0.3, -0.25) is 4.90 Å². The molecule has 3 aliphatic rings. The molecule has 18 heavy (non-hydrogen) atoms. The van der Waals surface area contributed by atoms with Crippen LogP contribution in [0.3, 0.4) is 0 Å². The molecular formula is C15H22N2S. The van der Waals surface area contributed by atoms with Crippen LogP contribution in [0.2, 0.25) is 0 Å². The van der Waals surface area contributed by atoms with E-state index in [1.54, 1.807) is 10.4 Å². The van der Waals surface area contributed by atoms with Gasteiger partial charge < -0.3 is 5.32 Å². The Kier molecular flexibility index (Phi) is 2.94. The van der Waals surface area contributed by atoms with E-state index in [0.717, 1.165) is 18.0 Å².